The van der Waals surface area contributed by atoms with E-state index in [-0.39, 0.29) is 6.10 Å². The van der Waals surface area contributed by atoms with Crippen molar-refractivity contribution >= 4 is 27.7 Å². The zero-order valence-electron chi connectivity index (χ0n) is 8.74. The molecule has 2 rings (SSSR count). The van der Waals surface area contributed by atoms with E-state index in [1.54, 1.807) is 0 Å². The lowest BCUT2D eigenvalue weighted by atomic mass is 10.1. The van der Waals surface area contributed by atoms with Crippen molar-refractivity contribution in [1.82, 2.24) is 0 Å². The number of hydrogen-bond acceptors (Lipinski definition) is 2. The molecule has 1 N–H and O–H groups in total. The van der Waals surface area contributed by atoms with Crippen molar-refractivity contribution in [1.29, 1.82) is 0 Å². The molecule has 0 aromatic heterocycles. The van der Waals surface area contributed by atoms with Gasteiger partial charge in [0.15, 0.2) is 0 Å². The summed E-state index contributed by atoms with van der Waals surface area (Å²) in [7, 11) is 0. The second-order valence-electron chi connectivity index (χ2n) is 4.14. The molecule has 0 heterocycles. The Balaban J connectivity index is 2.07. The molecular formula is C12H15BrOS. The molecule has 0 spiro atoms. The van der Waals surface area contributed by atoms with Gasteiger partial charge in [-0.05, 0) is 59.8 Å². The first-order chi connectivity index (χ1) is 7.15. The number of aliphatic hydroxyl groups is 1. The van der Waals surface area contributed by atoms with E-state index >= 15 is 0 Å². The van der Waals surface area contributed by atoms with Crippen LogP contribution in [0.5, 0.6) is 0 Å². The Morgan fingerprint density at radius 3 is 2.80 bits per heavy atom. The van der Waals surface area contributed by atoms with Crippen molar-refractivity contribution < 1.29 is 5.11 Å². The molecule has 0 bridgehead atoms. The van der Waals surface area contributed by atoms with Crippen LogP contribution in [0.25, 0.3) is 0 Å². The van der Waals surface area contributed by atoms with Gasteiger partial charge in [-0.2, -0.15) is 0 Å². The summed E-state index contributed by atoms with van der Waals surface area (Å²) in [5.74, 6) is 0. The van der Waals surface area contributed by atoms with E-state index in [2.05, 4.69) is 34.1 Å². The lowest BCUT2D eigenvalue weighted by Gasteiger charge is -2.08. The van der Waals surface area contributed by atoms with Crippen LogP contribution in [-0.2, 0) is 6.42 Å². The van der Waals surface area contributed by atoms with Gasteiger partial charge < -0.3 is 5.11 Å². The van der Waals surface area contributed by atoms with Crippen LogP contribution in [0.15, 0.2) is 27.6 Å². The highest BCUT2D eigenvalue weighted by molar-refractivity contribution is 9.10. The predicted molar refractivity (Wildman–Crippen MR) is 68.4 cm³/mol. The number of thioether (sulfide) groups is 1. The molecule has 1 fully saturated rings. The van der Waals surface area contributed by atoms with Gasteiger partial charge in [-0.15, -0.1) is 11.8 Å². The van der Waals surface area contributed by atoms with Gasteiger partial charge >= 0.3 is 0 Å². The average molecular weight is 287 g/mol. The predicted octanol–water partition coefficient (Wildman–Crippen LogP) is 3.63. The largest absolute Gasteiger partial charge is 0.393 e. The summed E-state index contributed by atoms with van der Waals surface area (Å²) in [6.07, 6.45) is 3.17. The quantitative estimate of drug-likeness (QED) is 0.912. The van der Waals surface area contributed by atoms with Crippen molar-refractivity contribution in [2.75, 3.05) is 0 Å². The van der Waals surface area contributed by atoms with Crippen molar-refractivity contribution in [3.63, 3.8) is 0 Å². The second kappa shape index (κ2) is 4.89. The summed E-state index contributed by atoms with van der Waals surface area (Å²) < 4.78 is 1.16. The monoisotopic (exact) mass is 286 g/mol. The summed E-state index contributed by atoms with van der Waals surface area (Å²) >= 11 is 5.55. The molecule has 82 valence electrons. The highest BCUT2D eigenvalue weighted by Gasteiger charge is 2.23. The molecule has 3 heteroatoms. The maximum Gasteiger partial charge on any atom is 0.0552 e. The normalized spacial score (nSPS) is 17.8. The first kappa shape index (κ1) is 11.5. The summed E-state index contributed by atoms with van der Waals surface area (Å²) in [5.41, 5.74) is 1.19. The van der Waals surface area contributed by atoms with E-state index in [1.165, 1.54) is 23.3 Å². The van der Waals surface area contributed by atoms with Gasteiger partial charge in [0.2, 0.25) is 0 Å². The molecule has 1 saturated carbocycles. The molecule has 1 aromatic rings. The minimum Gasteiger partial charge on any atom is -0.393 e. The molecule has 1 unspecified atom stereocenters. The Labute approximate surface area is 103 Å². The third-order valence-corrected chi connectivity index (χ3v) is 4.68. The Bertz CT molecular complexity index is 347. The SMILES string of the molecule is CC(O)Cc1ccc(SC2CC2)c(Br)c1. The maximum atomic E-state index is 9.30. The van der Waals surface area contributed by atoms with Crippen LogP contribution in [0.4, 0.5) is 0 Å². The third-order valence-electron chi connectivity index (χ3n) is 2.35. The van der Waals surface area contributed by atoms with E-state index in [0.717, 1.165) is 16.1 Å². The van der Waals surface area contributed by atoms with Gasteiger partial charge in [-0.25, -0.2) is 0 Å². The number of halogens is 1. The zero-order valence-corrected chi connectivity index (χ0v) is 11.1. The molecule has 1 nitrogen and oxygen atoms in total. The fraction of sp³-hybridized carbons (Fsp3) is 0.500. The minimum atomic E-state index is -0.265. The molecule has 1 aliphatic rings. The van der Waals surface area contributed by atoms with Crippen LogP contribution < -0.4 is 0 Å². The number of benzene rings is 1. The van der Waals surface area contributed by atoms with Crippen molar-refractivity contribution in [2.24, 2.45) is 0 Å². The lowest BCUT2D eigenvalue weighted by molar-refractivity contribution is 0.195. The number of aliphatic hydroxyl groups excluding tert-OH is 1. The molecule has 0 saturated heterocycles. The Kier molecular flexibility index (Phi) is 3.75. The lowest BCUT2D eigenvalue weighted by Crippen LogP contribution is -2.03. The van der Waals surface area contributed by atoms with Crippen LogP contribution in [0.3, 0.4) is 0 Å². The maximum absolute atomic E-state index is 9.30. The molecule has 0 amide bonds. The topological polar surface area (TPSA) is 20.2 Å². The standard InChI is InChI=1S/C12H15BrOS/c1-8(14)6-9-2-5-12(11(13)7-9)15-10-3-4-10/h2,5,7-8,10,14H,3-4,6H2,1H3. The van der Waals surface area contributed by atoms with Crippen LogP contribution in [-0.4, -0.2) is 16.5 Å². The van der Waals surface area contributed by atoms with Crippen molar-refractivity contribution in [3.05, 3.63) is 28.2 Å². The Hall–Kier alpha value is 0.01000. The van der Waals surface area contributed by atoms with Crippen LogP contribution in [0, 0.1) is 0 Å². The highest BCUT2D eigenvalue weighted by atomic mass is 79.9. The Morgan fingerprint density at radius 2 is 2.27 bits per heavy atom. The molecule has 0 radical (unpaired) electrons. The zero-order chi connectivity index (χ0) is 10.8. The fourth-order valence-corrected chi connectivity index (χ4v) is 3.23. The molecular weight excluding hydrogens is 272 g/mol. The van der Waals surface area contributed by atoms with Gasteiger partial charge in [0.05, 0.1) is 6.10 Å². The number of hydrogen-bond donors (Lipinski definition) is 1. The summed E-state index contributed by atoms with van der Waals surface area (Å²) in [6, 6.07) is 6.39. The van der Waals surface area contributed by atoms with Gasteiger partial charge in [0.25, 0.3) is 0 Å². The van der Waals surface area contributed by atoms with E-state index in [0.29, 0.717) is 0 Å². The van der Waals surface area contributed by atoms with Crippen LogP contribution in [0.2, 0.25) is 0 Å². The van der Waals surface area contributed by atoms with Gasteiger partial charge in [0, 0.05) is 14.6 Å². The van der Waals surface area contributed by atoms with E-state index in [9.17, 15) is 5.11 Å². The molecule has 1 aromatic carbocycles. The third kappa shape index (κ3) is 3.51. The molecule has 0 aliphatic heterocycles. The second-order valence-corrected chi connectivity index (χ2v) is 6.33. The highest BCUT2D eigenvalue weighted by Crippen LogP contribution is 2.42. The van der Waals surface area contributed by atoms with E-state index in [4.69, 9.17) is 0 Å². The van der Waals surface area contributed by atoms with Crippen LogP contribution >= 0.6 is 27.7 Å². The van der Waals surface area contributed by atoms with Crippen molar-refractivity contribution in [2.45, 2.75) is 42.4 Å². The van der Waals surface area contributed by atoms with Crippen LogP contribution in [0.1, 0.15) is 25.3 Å². The summed E-state index contributed by atoms with van der Waals surface area (Å²) in [5, 5.41) is 10.1. The average Bonchev–Trinajstić information content (AvgIpc) is 2.92. The summed E-state index contributed by atoms with van der Waals surface area (Å²) in [4.78, 5) is 1.33. The Morgan fingerprint density at radius 1 is 1.53 bits per heavy atom. The first-order valence-electron chi connectivity index (χ1n) is 5.28. The molecule has 15 heavy (non-hydrogen) atoms. The minimum absolute atomic E-state index is 0.265. The smallest absolute Gasteiger partial charge is 0.0552 e. The fourth-order valence-electron chi connectivity index (χ4n) is 1.47. The van der Waals surface area contributed by atoms with E-state index in [1.807, 2.05) is 18.7 Å². The molecule has 1 atom stereocenters. The first-order valence-corrected chi connectivity index (χ1v) is 6.95. The van der Waals surface area contributed by atoms with E-state index < -0.39 is 0 Å². The van der Waals surface area contributed by atoms with Gasteiger partial charge in [-0.1, -0.05) is 6.07 Å². The molecule has 1 aliphatic carbocycles. The van der Waals surface area contributed by atoms with Gasteiger partial charge in [-0.3, -0.25) is 0 Å². The van der Waals surface area contributed by atoms with Crippen molar-refractivity contribution in [3.8, 4) is 0 Å². The summed E-state index contributed by atoms with van der Waals surface area (Å²) in [6.45, 7) is 1.82. The number of rotatable bonds is 4. The van der Waals surface area contributed by atoms with Gasteiger partial charge in [0.1, 0.15) is 0 Å².